The number of rotatable bonds is 5. The summed E-state index contributed by atoms with van der Waals surface area (Å²) in [4.78, 5) is 10.8. The van der Waals surface area contributed by atoms with Gasteiger partial charge in [0.15, 0.2) is 0 Å². The van der Waals surface area contributed by atoms with Gasteiger partial charge in [-0.25, -0.2) is 0 Å². The number of aliphatic carboxylic acids is 1. The number of hydrogen-bond acceptors (Lipinski definition) is 1. The van der Waals surface area contributed by atoms with Crippen molar-refractivity contribution < 1.29 is 9.90 Å². The summed E-state index contributed by atoms with van der Waals surface area (Å²) in [5.74, 6) is -0.129. The average Bonchev–Trinajstić information content (AvgIpc) is 2.15. The van der Waals surface area contributed by atoms with E-state index in [1.54, 1.807) is 0 Å². The minimum atomic E-state index is -0.714. The van der Waals surface area contributed by atoms with Crippen molar-refractivity contribution in [3.8, 4) is 0 Å². The predicted molar refractivity (Wildman–Crippen MR) is 68.4 cm³/mol. The Morgan fingerprint density at radius 2 is 2.12 bits per heavy atom. The topological polar surface area (TPSA) is 37.3 Å². The number of halogens is 1. The largest absolute Gasteiger partial charge is 0.481 e. The van der Waals surface area contributed by atoms with Gasteiger partial charge in [0.25, 0.3) is 0 Å². The Labute approximate surface area is 105 Å². The molecule has 0 bridgehead atoms. The number of carbonyl (C=O) groups is 1. The quantitative estimate of drug-likeness (QED) is 0.894. The molecule has 0 heterocycles. The standard InChI is InChI=1S/C13H17BrO2/c1-9(2)11(8-13(15)16)6-10-4-3-5-12(14)7-10/h3-5,7,9,11H,6,8H2,1-2H3,(H,15,16). The van der Waals surface area contributed by atoms with Gasteiger partial charge < -0.3 is 5.11 Å². The number of hydrogen-bond donors (Lipinski definition) is 1. The van der Waals surface area contributed by atoms with Crippen LogP contribution in [0.15, 0.2) is 28.7 Å². The first kappa shape index (κ1) is 13.2. The number of carboxylic acids is 1. The first-order chi connectivity index (χ1) is 7.49. The van der Waals surface area contributed by atoms with Crippen molar-refractivity contribution in [3.63, 3.8) is 0 Å². The van der Waals surface area contributed by atoms with E-state index in [4.69, 9.17) is 5.11 Å². The molecule has 0 aliphatic carbocycles. The van der Waals surface area contributed by atoms with Crippen molar-refractivity contribution in [2.75, 3.05) is 0 Å². The van der Waals surface area contributed by atoms with Gasteiger partial charge in [-0.15, -0.1) is 0 Å². The molecule has 0 aliphatic rings. The molecule has 16 heavy (non-hydrogen) atoms. The van der Waals surface area contributed by atoms with Crippen LogP contribution in [0.5, 0.6) is 0 Å². The summed E-state index contributed by atoms with van der Waals surface area (Å²) in [5.41, 5.74) is 1.19. The van der Waals surface area contributed by atoms with E-state index in [1.165, 1.54) is 5.56 Å². The summed E-state index contributed by atoms with van der Waals surface area (Å²) in [6.45, 7) is 4.15. The molecule has 0 aromatic heterocycles. The van der Waals surface area contributed by atoms with Gasteiger partial charge in [-0.2, -0.15) is 0 Å². The summed E-state index contributed by atoms with van der Waals surface area (Å²) < 4.78 is 1.04. The normalized spacial score (nSPS) is 12.8. The lowest BCUT2D eigenvalue weighted by Gasteiger charge is -2.18. The highest BCUT2D eigenvalue weighted by molar-refractivity contribution is 9.10. The molecule has 1 atom stereocenters. The van der Waals surface area contributed by atoms with E-state index in [9.17, 15) is 4.79 Å². The maximum absolute atomic E-state index is 10.8. The van der Waals surface area contributed by atoms with Gasteiger partial charge >= 0.3 is 5.97 Å². The molecule has 0 aliphatic heterocycles. The van der Waals surface area contributed by atoms with Gasteiger partial charge in [0, 0.05) is 10.9 Å². The van der Waals surface area contributed by atoms with Crippen LogP contribution in [0.2, 0.25) is 0 Å². The molecule has 1 rings (SSSR count). The fourth-order valence-electron chi connectivity index (χ4n) is 1.73. The van der Waals surface area contributed by atoms with Crippen LogP contribution in [0.4, 0.5) is 0 Å². The van der Waals surface area contributed by atoms with E-state index in [2.05, 4.69) is 35.8 Å². The zero-order valence-corrected chi connectivity index (χ0v) is 11.2. The SMILES string of the molecule is CC(C)C(CC(=O)O)Cc1cccc(Br)c1. The maximum atomic E-state index is 10.8. The van der Waals surface area contributed by atoms with Gasteiger partial charge in [0.2, 0.25) is 0 Å². The highest BCUT2D eigenvalue weighted by atomic mass is 79.9. The van der Waals surface area contributed by atoms with E-state index in [0.717, 1.165) is 10.9 Å². The molecule has 3 heteroatoms. The van der Waals surface area contributed by atoms with E-state index in [0.29, 0.717) is 5.92 Å². The molecule has 88 valence electrons. The van der Waals surface area contributed by atoms with Crippen LogP contribution in [0.3, 0.4) is 0 Å². The molecule has 2 nitrogen and oxygen atoms in total. The van der Waals surface area contributed by atoms with E-state index in [1.807, 2.05) is 18.2 Å². The van der Waals surface area contributed by atoms with Crippen molar-refractivity contribution in [3.05, 3.63) is 34.3 Å². The summed E-state index contributed by atoms with van der Waals surface area (Å²) in [7, 11) is 0. The molecule has 0 radical (unpaired) electrons. The number of benzene rings is 1. The summed E-state index contributed by atoms with van der Waals surface area (Å²) in [6, 6.07) is 8.06. The minimum absolute atomic E-state index is 0.201. The third-order valence-electron chi connectivity index (χ3n) is 2.77. The second-order valence-corrected chi connectivity index (χ2v) is 5.35. The van der Waals surface area contributed by atoms with E-state index in [-0.39, 0.29) is 12.3 Å². The Hall–Kier alpha value is -0.830. The lowest BCUT2D eigenvalue weighted by atomic mass is 9.87. The number of carboxylic acid groups (broad SMARTS) is 1. The van der Waals surface area contributed by atoms with Gasteiger partial charge in [-0.3, -0.25) is 4.79 Å². The Morgan fingerprint density at radius 1 is 1.44 bits per heavy atom. The van der Waals surface area contributed by atoms with Gasteiger partial charge in [-0.1, -0.05) is 41.9 Å². The summed E-state index contributed by atoms with van der Waals surface area (Å²) >= 11 is 3.42. The Bertz CT molecular complexity index is 361. The molecule has 0 spiro atoms. The maximum Gasteiger partial charge on any atom is 0.303 e. The average molecular weight is 285 g/mol. The van der Waals surface area contributed by atoms with E-state index < -0.39 is 5.97 Å². The van der Waals surface area contributed by atoms with E-state index >= 15 is 0 Å². The first-order valence-corrected chi connectivity index (χ1v) is 6.24. The third kappa shape index (κ3) is 4.35. The highest BCUT2D eigenvalue weighted by Gasteiger charge is 2.17. The first-order valence-electron chi connectivity index (χ1n) is 5.45. The Balaban J connectivity index is 2.71. The monoisotopic (exact) mass is 284 g/mol. The van der Waals surface area contributed by atoms with Crippen LogP contribution < -0.4 is 0 Å². The molecule has 1 N–H and O–H groups in total. The molecule has 1 aromatic rings. The summed E-state index contributed by atoms with van der Waals surface area (Å²) in [5, 5.41) is 8.86. The smallest absolute Gasteiger partial charge is 0.303 e. The molecule has 0 saturated heterocycles. The second kappa shape index (κ2) is 6.04. The highest BCUT2D eigenvalue weighted by Crippen LogP contribution is 2.22. The Morgan fingerprint density at radius 3 is 2.62 bits per heavy atom. The zero-order valence-electron chi connectivity index (χ0n) is 9.61. The molecular formula is C13H17BrO2. The zero-order chi connectivity index (χ0) is 12.1. The molecule has 0 fully saturated rings. The van der Waals surface area contributed by atoms with Gasteiger partial charge in [0.05, 0.1) is 0 Å². The van der Waals surface area contributed by atoms with Crippen molar-refractivity contribution in [1.82, 2.24) is 0 Å². The molecule has 1 unspecified atom stereocenters. The fraction of sp³-hybridized carbons (Fsp3) is 0.462. The van der Waals surface area contributed by atoms with Crippen LogP contribution in [-0.4, -0.2) is 11.1 Å². The minimum Gasteiger partial charge on any atom is -0.481 e. The second-order valence-electron chi connectivity index (χ2n) is 4.44. The van der Waals surface area contributed by atoms with Crippen LogP contribution in [0.25, 0.3) is 0 Å². The van der Waals surface area contributed by atoms with Gasteiger partial charge in [0.1, 0.15) is 0 Å². The van der Waals surface area contributed by atoms with Crippen LogP contribution in [-0.2, 0) is 11.2 Å². The van der Waals surface area contributed by atoms with Gasteiger partial charge in [-0.05, 0) is 36.0 Å². The third-order valence-corrected chi connectivity index (χ3v) is 3.26. The Kier molecular flexibility index (Phi) is 5.00. The molecule has 0 saturated carbocycles. The fourth-order valence-corrected chi connectivity index (χ4v) is 2.18. The molecule has 1 aromatic carbocycles. The molecular weight excluding hydrogens is 268 g/mol. The molecule has 0 amide bonds. The van der Waals surface area contributed by atoms with Crippen molar-refractivity contribution in [2.45, 2.75) is 26.7 Å². The van der Waals surface area contributed by atoms with Crippen LogP contribution in [0, 0.1) is 11.8 Å². The van der Waals surface area contributed by atoms with Crippen LogP contribution in [0.1, 0.15) is 25.8 Å². The summed E-state index contributed by atoms with van der Waals surface area (Å²) in [6.07, 6.45) is 1.06. The lowest BCUT2D eigenvalue weighted by Crippen LogP contribution is -2.16. The predicted octanol–water partition coefficient (Wildman–Crippen LogP) is 3.74. The van der Waals surface area contributed by atoms with Crippen molar-refractivity contribution in [1.29, 1.82) is 0 Å². The lowest BCUT2D eigenvalue weighted by molar-refractivity contribution is -0.138. The van der Waals surface area contributed by atoms with Crippen LogP contribution >= 0.6 is 15.9 Å². The van der Waals surface area contributed by atoms with Crippen molar-refractivity contribution in [2.24, 2.45) is 11.8 Å². The van der Waals surface area contributed by atoms with Crippen molar-refractivity contribution >= 4 is 21.9 Å².